The topological polar surface area (TPSA) is 20.2 Å². The Kier molecular flexibility index (Phi) is 3.35. The van der Waals surface area contributed by atoms with Crippen LogP contribution in [0.2, 0.25) is 10.0 Å². The van der Waals surface area contributed by atoms with Crippen LogP contribution in [0, 0.1) is 0 Å². The molecule has 2 rings (SSSR count). The van der Waals surface area contributed by atoms with E-state index in [4.69, 9.17) is 23.2 Å². The highest BCUT2D eigenvalue weighted by atomic mass is 35.5. The molecule has 0 heterocycles. The third-order valence-electron chi connectivity index (χ3n) is 2.63. The largest absolute Gasteiger partial charge is 0.389 e. The molecule has 0 aromatic heterocycles. The van der Waals surface area contributed by atoms with Gasteiger partial charge in [-0.2, -0.15) is 0 Å². The van der Waals surface area contributed by atoms with Gasteiger partial charge in [0, 0.05) is 0 Å². The van der Waals surface area contributed by atoms with Gasteiger partial charge in [0.05, 0.1) is 16.1 Å². The molecule has 0 spiro atoms. The molecule has 1 N–H and O–H groups in total. The van der Waals surface area contributed by atoms with E-state index in [0.717, 1.165) is 30.4 Å². The highest BCUT2D eigenvalue weighted by molar-refractivity contribution is 6.42. The molecule has 0 saturated heterocycles. The second-order valence-corrected chi connectivity index (χ2v) is 4.59. The maximum atomic E-state index is 9.53. The lowest BCUT2D eigenvalue weighted by molar-refractivity contribution is 0.206. The number of allylic oxidation sites excluding steroid dienone is 1. The average Bonchev–Trinajstić information content (AvgIpc) is 2.22. The average molecular weight is 243 g/mol. The molecular formula is C12H12Cl2O. The van der Waals surface area contributed by atoms with E-state index in [9.17, 15) is 5.11 Å². The first kappa shape index (κ1) is 11.0. The summed E-state index contributed by atoms with van der Waals surface area (Å²) in [5, 5.41) is 10.7. The Hall–Kier alpha value is -0.500. The lowest BCUT2D eigenvalue weighted by atomic mass is 9.92. The normalized spacial score (nSPS) is 21.3. The van der Waals surface area contributed by atoms with Gasteiger partial charge in [-0.1, -0.05) is 35.3 Å². The quantitative estimate of drug-likeness (QED) is 0.792. The zero-order valence-electron chi connectivity index (χ0n) is 8.21. The second-order valence-electron chi connectivity index (χ2n) is 3.78. The molecule has 3 heteroatoms. The Morgan fingerprint density at radius 2 is 2.00 bits per heavy atom. The van der Waals surface area contributed by atoms with Crippen molar-refractivity contribution < 1.29 is 5.11 Å². The summed E-state index contributed by atoms with van der Waals surface area (Å²) in [6.45, 7) is 0. The number of aliphatic hydroxyl groups is 1. The minimum absolute atomic E-state index is 0.316. The van der Waals surface area contributed by atoms with Gasteiger partial charge in [0.2, 0.25) is 0 Å². The summed E-state index contributed by atoms with van der Waals surface area (Å²) >= 11 is 11.8. The molecule has 0 fully saturated rings. The molecule has 15 heavy (non-hydrogen) atoms. The Morgan fingerprint density at radius 3 is 2.67 bits per heavy atom. The van der Waals surface area contributed by atoms with Crippen LogP contribution in [0.1, 0.15) is 24.8 Å². The van der Waals surface area contributed by atoms with E-state index in [-0.39, 0.29) is 6.10 Å². The summed E-state index contributed by atoms with van der Waals surface area (Å²) in [6, 6.07) is 5.59. The number of benzene rings is 1. The highest BCUT2D eigenvalue weighted by Gasteiger charge is 2.12. The smallest absolute Gasteiger partial charge is 0.0726 e. The first-order valence-electron chi connectivity index (χ1n) is 5.01. The summed E-state index contributed by atoms with van der Waals surface area (Å²) in [7, 11) is 0. The highest BCUT2D eigenvalue weighted by Crippen LogP contribution is 2.31. The molecule has 0 saturated carbocycles. The second kappa shape index (κ2) is 4.56. The van der Waals surface area contributed by atoms with Crippen LogP contribution in [-0.4, -0.2) is 11.2 Å². The summed E-state index contributed by atoms with van der Waals surface area (Å²) in [4.78, 5) is 0. The van der Waals surface area contributed by atoms with E-state index in [1.807, 2.05) is 18.2 Å². The number of hydrogen-bond acceptors (Lipinski definition) is 1. The van der Waals surface area contributed by atoms with Crippen molar-refractivity contribution in [2.75, 3.05) is 0 Å². The molecule has 0 aliphatic heterocycles. The summed E-state index contributed by atoms with van der Waals surface area (Å²) in [6.07, 6.45) is 4.46. The Balaban J connectivity index is 2.33. The van der Waals surface area contributed by atoms with Gasteiger partial charge in [-0.05, 0) is 42.5 Å². The molecule has 1 aromatic carbocycles. The SMILES string of the molecule is OC1C=C(c2ccc(Cl)c(Cl)c2)CCC1. The Morgan fingerprint density at radius 1 is 1.20 bits per heavy atom. The Labute approximate surface area is 99.3 Å². The first-order chi connectivity index (χ1) is 7.16. The number of halogens is 2. The van der Waals surface area contributed by atoms with Crippen LogP contribution >= 0.6 is 23.2 Å². The van der Waals surface area contributed by atoms with E-state index in [0.29, 0.717) is 10.0 Å². The standard InChI is InChI=1S/C12H12Cl2O/c13-11-5-4-9(7-12(11)14)8-2-1-3-10(15)6-8/h4-7,10,15H,1-3H2. The van der Waals surface area contributed by atoms with Crippen molar-refractivity contribution in [2.45, 2.75) is 25.4 Å². The molecule has 1 aromatic rings. The van der Waals surface area contributed by atoms with Crippen LogP contribution in [0.5, 0.6) is 0 Å². The van der Waals surface area contributed by atoms with E-state index in [1.165, 1.54) is 0 Å². The van der Waals surface area contributed by atoms with E-state index in [2.05, 4.69) is 0 Å². The minimum Gasteiger partial charge on any atom is -0.389 e. The number of hydrogen-bond donors (Lipinski definition) is 1. The molecule has 0 amide bonds. The fourth-order valence-corrected chi connectivity index (χ4v) is 2.14. The van der Waals surface area contributed by atoms with Gasteiger partial charge >= 0.3 is 0 Å². The molecule has 0 radical (unpaired) electrons. The minimum atomic E-state index is -0.316. The summed E-state index contributed by atoms with van der Waals surface area (Å²) in [5.41, 5.74) is 2.22. The van der Waals surface area contributed by atoms with Crippen molar-refractivity contribution in [3.8, 4) is 0 Å². The number of aliphatic hydroxyl groups excluding tert-OH is 1. The summed E-state index contributed by atoms with van der Waals surface area (Å²) < 4.78 is 0. The van der Waals surface area contributed by atoms with Crippen LogP contribution in [0.25, 0.3) is 5.57 Å². The summed E-state index contributed by atoms with van der Waals surface area (Å²) in [5.74, 6) is 0. The van der Waals surface area contributed by atoms with Crippen molar-refractivity contribution in [3.63, 3.8) is 0 Å². The van der Waals surface area contributed by atoms with Crippen molar-refractivity contribution >= 4 is 28.8 Å². The maximum absolute atomic E-state index is 9.53. The van der Waals surface area contributed by atoms with E-state index >= 15 is 0 Å². The fraction of sp³-hybridized carbons (Fsp3) is 0.333. The van der Waals surface area contributed by atoms with Gasteiger partial charge in [-0.3, -0.25) is 0 Å². The van der Waals surface area contributed by atoms with Gasteiger partial charge < -0.3 is 5.11 Å². The zero-order chi connectivity index (χ0) is 10.8. The van der Waals surface area contributed by atoms with E-state index in [1.54, 1.807) is 6.07 Å². The molecule has 1 atom stereocenters. The predicted octanol–water partition coefficient (Wildman–Crippen LogP) is 3.92. The van der Waals surface area contributed by atoms with Gasteiger partial charge in [-0.25, -0.2) is 0 Å². The van der Waals surface area contributed by atoms with Gasteiger partial charge in [-0.15, -0.1) is 0 Å². The molecule has 1 aliphatic rings. The van der Waals surface area contributed by atoms with Crippen LogP contribution in [-0.2, 0) is 0 Å². The van der Waals surface area contributed by atoms with E-state index < -0.39 is 0 Å². The van der Waals surface area contributed by atoms with Crippen LogP contribution in [0.3, 0.4) is 0 Å². The van der Waals surface area contributed by atoms with Crippen molar-refractivity contribution in [2.24, 2.45) is 0 Å². The lowest BCUT2D eigenvalue weighted by Gasteiger charge is -2.17. The van der Waals surface area contributed by atoms with Gasteiger partial charge in [0.15, 0.2) is 0 Å². The third-order valence-corrected chi connectivity index (χ3v) is 3.37. The van der Waals surface area contributed by atoms with Crippen molar-refractivity contribution in [1.82, 2.24) is 0 Å². The molecule has 1 aliphatic carbocycles. The molecule has 1 unspecified atom stereocenters. The third kappa shape index (κ3) is 2.54. The first-order valence-corrected chi connectivity index (χ1v) is 5.76. The van der Waals surface area contributed by atoms with Crippen molar-refractivity contribution in [1.29, 1.82) is 0 Å². The molecule has 1 nitrogen and oxygen atoms in total. The van der Waals surface area contributed by atoms with Crippen LogP contribution in [0.4, 0.5) is 0 Å². The van der Waals surface area contributed by atoms with Gasteiger partial charge in [0.1, 0.15) is 0 Å². The molecule has 80 valence electrons. The molecule has 0 bridgehead atoms. The maximum Gasteiger partial charge on any atom is 0.0726 e. The Bertz CT molecular complexity index is 399. The predicted molar refractivity (Wildman–Crippen MR) is 64.3 cm³/mol. The van der Waals surface area contributed by atoms with Crippen LogP contribution < -0.4 is 0 Å². The van der Waals surface area contributed by atoms with Crippen LogP contribution in [0.15, 0.2) is 24.3 Å². The number of rotatable bonds is 1. The zero-order valence-corrected chi connectivity index (χ0v) is 9.72. The monoisotopic (exact) mass is 242 g/mol. The fourth-order valence-electron chi connectivity index (χ4n) is 1.84. The lowest BCUT2D eigenvalue weighted by Crippen LogP contribution is -2.08. The van der Waals surface area contributed by atoms with Gasteiger partial charge in [0.25, 0.3) is 0 Å². The molecular weight excluding hydrogens is 231 g/mol. The van der Waals surface area contributed by atoms with Crippen molar-refractivity contribution in [3.05, 3.63) is 39.9 Å².